The van der Waals surface area contributed by atoms with Gasteiger partial charge in [-0.3, -0.25) is 4.99 Å². The van der Waals surface area contributed by atoms with Crippen molar-refractivity contribution < 1.29 is 8.42 Å². The number of nitrogens with zero attached hydrogens (tertiary/aromatic N) is 2. The van der Waals surface area contributed by atoms with Crippen LogP contribution >= 0.6 is 11.8 Å². The maximum atomic E-state index is 11.6. The average Bonchev–Trinajstić information content (AvgIpc) is 2.48. The second-order valence-corrected chi connectivity index (χ2v) is 8.05. The Bertz CT molecular complexity index is 386. The molecule has 0 aliphatic carbocycles. The number of hydrogen-bond donors (Lipinski definition) is 2. The molecule has 8 heteroatoms. The summed E-state index contributed by atoms with van der Waals surface area (Å²) in [6, 6.07) is 0. The molecule has 0 amide bonds. The van der Waals surface area contributed by atoms with Gasteiger partial charge >= 0.3 is 0 Å². The third-order valence-electron chi connectivity index (χ3n) is 3.07. The Labute approximate surface area is 134 Å². The summed E-state index contributed by atoms with van der Waals surface area (Å²) in [6.07, 6.45) is 5.19. The molecule has 0 atom stereocenters. The van der Waals surface area contributed by atoms with Crippen LogP contribution in [0.15, 0.2) is 4.99 Å². The van der Waals surface area contributed by atoms with Crippen molar-refractivity contribution >= 4 is 27.7 Å². The van der Waals surface area contributed by atoms with Gasteiger partial charge in [-0.1, -0.05) is 0 Å². The van der Waals surface area contributed by atoms with Gasteiger partial charge in [0.05, 0.1) is 5.75 Å². The summed E-state index contributed by atoms with van der Waals surface area (Å²) >= 11 is 1.86. The summed E-state index contributed by atoms with van der Waals surface area (Å²) in [4.78, 5) is 4.14. The van der Waals surface area contributed by atoms with Crippen molar-refractivity contribution in [2.24, 2.45) is 4.99 Å². The first-order valence-corrected chi connectivity index (χ1v) is 10.4. The first kappa shape index (κ1) is 20.5. The Balaban J connectivity index is 3.78. The summed E-state index contributed by atoms with van der Waals surface area (Å²) in [5, 5.41) is 6.45. The Kier molecular flexibility index (Phi) is 11.8. The lowest BCUT2D eigenvalue weighted by Crippen LogP contribution is -2.39. The largest absolute Gasteiger partial charge is 0.356 e. The van der Waals surface area contributed by atoms with E-state index in [1.165, 1.54) is 16.5 Å². The minimum absolute atomic E-state index is 0.149. The quantitative estimate of drug-likeness (QED) is 0.334. The van der Waals surface area contributed by atoms with Crippen molar-refractivity contribution in [2.45, 2.75) is 26.2 Å². The van der Waals surface area contributed by atoms with Gasteiger partial charge in [-0.25, -0.2) is 12.7 Å². The molecule has 0 bridgehead atoms. The number of unbranched alkanes of at least 4 members (excludes halogenated alkanes) is 1. The second kappa shape index (κ2) is 12.1. The van der Waals surface area contributed by atoms with Crippen LogP contribution in [0.1, 0.15) is 26.2 Å². The molecule has 0 unspecified atom stereocenters. The molecule has 0 aromatic heterocycles. The van der Waals surface area contributed by atoms with Crippen LogP contribution in [0.25, 0.3) is 0 Å². The number of aliphatic imine (C=N–C) groups is 1. The molecule has 0 saturated heterocycles. The second-order valence-electron chi connectivity index (χ2n) is 4.70. The van der Waals surface area contributed by atoms with Crippen LogP contribution in [0.3, 0.4) is 0 Å². The van der Waals surface area contributed by atoms with Crippen molar-refractivity contribution in [3.05, 3.63) is 0 Å². The van der Waals surface area contributed by atoms with Crippen LogP contribution in [0.2, 0.25) is 0 Å². The third-order valence-corrected chi connectivity index (χ3v) is 5.63. The zero-order chi connectivity index (χ0) is 16.1. The zero-order valence-corrected chi connectivity index (χ0v) is 15.3. The number of rotatable bonds is 11. The van der Waals surface area contributed by atoms with Gasteiger partial charge < -0.3 is 10.6 Å². The van der Waals surface area contributed by atoms with E-state index in [9.17, 15) is 8.42 Å². The average molecular weight is 339 g/mol. The molecule has 0 spiro atoms. The molecule has 21 heavy (non-hydrogen) atoms. The molecule has 0 aliphatic heterocycles. The summed E-state index contributed by atoms with van der Waals surface area (Å²) in [5.74, 6) is 2.11. The highest BCUT2D eigenvalue weighted by Gasteiger charge is 2.13. The molecule has 0 aliphatic rings. The van der Waals surface area contributed by atoms with E-state index in [1.54, 1.807) is 21.0 Å². The standard InChI is InChI=1S/C13H30N4O2S2/c1-5-21(18,19)17(3)11-8-10-16-13(14-2)15-9-6-7-12-20-4/h5-12H2,1-4H3,(H2,14,15,16). The minimum atomic E-state index is -3.07. The molecule has 6 nitrogen and oxygen atoms in total. The van der Waals surface area contributed by atoms with E-state index in [0.29, 0.717) is 13.1 Å². The molecule has 0 rings (SSSR count). The van der Waals surface area contributed by atoms with Crippen LogP contribution in [-0.2, 0) is 10.0 Å². The van der Waals surface area contributed by atoms with Crippen LogP contribution < -0.4 is 10.6 Å². The van der Waals surface area contributed by atoms with Gasteiger partial charge in [0.1, 0.15) is 0 Å². The van der Waals surface area contributed by atoms with Crippen molar-refractivity contribution in [3.8, 4) is 0 Å². The molecule has 0 saturated carbocycles. The predicted octanol–water partition coefficient (Wildman–Crippen LogP) is 0.966. The van der Waals surface area contributed by atoms with E-state index in [0.717, 1.165) is 25.3 Å². The van der Waals surface area contributed by atoms with Gasteiger partial charge in [0.2, 0.25) is 10.0 Å². The van der Waals surface area contributed by atoms with Crippen molar-refractivity contribution in [2.75, 3.05) is 51.5 Å². The first-order chi connectivity index (χ1) is 9.97. The van der Waals surface area contributed by atoms with E-state index in [1.807, 2.05) is 11.8 Å². The maximum absolute atomic E-state index is 11.6. The van der Waals surface area contributed by atoms with Crippen LogP contribution in [0.5, 0.6) is 0 Å². The van der Waals surface area contributed by atoms with E-state index in [-0.39, 0.29) is 5.75 Å². The summed E-state index contributed by atoms with van der Waals surface area (Å²) in [7, 11) is 0.294. The van der Waals surface area contributed by atoms with Gasteiger partial charge in [0.15, 0.2) is 5.96 Å². The Morgan fingerprint density at radius 1 is 1.19 bits per heavy atom. The maximum Gasteiger partial charge on any atom is 0.213 e. The normalized spacial score (nSPS) is 12.7. The van der Waals surface area contributed by atoms with Gasteiger partial charge in [-0.15, -0.1) is 0 Å². The minimum Gasteiger partial charge on any atom is -0.356 e. The molecule has 2 N–H and O–H groups in total. The van der Waals surface area contributed by atoms with Gasteiger partial charge in [0, 0.05) is 33.7 Å². The molecule has 0 heterocycles. The molecular formula is C13H30N4O2S2. The van der Waals surface area contributed by atoms with Crippen LogP contribution in [0, 0.1) is 0 Å². The summed E-state index contributed by atoms with van der Waals surface area (Å²) in [5.41, 5.74) is 0. The number of hydrogen-bond acceptors (Lipinski definition) is 4. The molecule has 126 valence electrons. The van der Waals surface area contributed by atoms with E-state index in [4.69, 9.17) is 0 Å². The fourth-order valence-corrected chi connectivity index (χ4v) is 3.01. The lowest BCUT2D eigenvalue weighted by Gasteiger charge is -2.16. The SMILES string of the molecule is CCS(=O)(=O)N(C)CCCNC(=NC)NCCCCSC. The smallest absolute Gasteiger partial charge is 0.213 e. The predicted molar refractivity (Wildman–Crippen MR) is 93.7 cm³/mol. The first-order valence-electron chi connectivity index (χ1n) is 7.35. The Hall–Kier alpha value is -0.470. The van der Waals surface area contributed by atoms with E-state index < -0.39 is 10.0 Å². The topological polar surface area (TPSA) is 73.8 Å². The van der Waals surface area contributed by atoms with Crippen molar-refractivity contribution in [1.82, 2.24) is 14.9 Å². The van der Waals surface area contributed by atoms with E-state index >= 15 is 0 Å². The fraction of sp³-hybridized carbons (Fsp3) is 0.923. The molecule has 0 radical (unpaired) electrons. The summed E-state index contributed by atoms with van der Waals surface area (Å²) < 4.78 is 24.6. The number of nitrogens with one attached hydrogen (secondary N) is 2. The number of sulfonamides is 1. The summed E-state index contributed by atoms with van der Waals surface area (Å²) in [6.45, 7) is 3.79. The Morgan fingerprint density at radius 2 is 1.81 bits per heavy atom. The molecule has 0 aromatic rings. The third kappa shape index (κ3) is 9.97. The zero-order valence-electron chi connectivity index (χ0n) is 13.7. The van der Waals surface area contributed by atoms with Crippen LogP contribution in [-0.4, -0.2) is 70.2 Å². The highest BCUT2D eigenvalue weighted by atomic mass is 32.2. The van der Waals surface area contributed by atoms with Crippen molar-refractivity contribution in [1.29, 1.82) is 0 Å². The number of guanidine groups is 1. The lowest BCUT2D eigenvalue weighted by atomic mass is 10.3. The highest BCUT2D eigenvalue weighted by Crippen LogP contribution is 1.99. The molecule has 0 fully saturated rings. The molecule has 0 aromatic carbocycles. The van der Waals surface area contributed by atoms with E-state index in [2.05, 4.69) is 21.9 Å². The fourth-order valence-electron chi connectivity index (χ4n) is 1.67. The highest BCUT2D eigenvalue weighted by molar-refractivity contribution is 7.98. The Morgan fingerprint density at radius 3 is 2.33 bits per heavy atom. The van der Waals surface area contributed by atoms with Crippen molar-refractivity contribution in [3.63, 3.8) is 0 Å². The number of thioether (sulfide) groups is 1. The van der Waals surface area contributed by atoms with Gasteiger partial charge in [-0.05, 0) is 38.2 Å². The van der Waals surface area contributed by atoms with Crippen LogP contribution in [0.4, 0.5) is 0 Å². The molecular weight excluding hydrogens is 308 g/mol. The van der Waals surface area contributed by atoms with Gasteiger partial charge in [0.25, 0.3) is 0 Å². The monoisotopic (exact) mass is 338 g/mol. The van der Waals surface area contributed by atoms with Gasteiger partial charge in [-0.2, -0.15) is 11.8 Å². The lowest BCUT2D eigenvalue weighted by molar-refractivity contribution is 0.461.